The number of hydrogen-bond donors (Lipinski definition) is 0. The Morgan fingerprint density at radius 1 is 1.29 bits per heavy atom. The van der Waals surface area contributed by atoms with Gasteiger partial charge in [-0.05, 0) is 13.5 Å². The van der Waals surface area contributed by atoms with Crippen LogP contribution in [0.3, 0.4) is 0 Å². The number of amides is 1. The molecule has 3 heterocycles. The molecule has 2 saturated heterocycles. The lowest BCUT2D eigenvalue weighted by Gasteiger charge is -2.40. The third kappa shape index (κ3) is 4.12. The molecule has 0 N–H and O–H groups in total. The zero-order valence-corrected chi connectivity index (χ0v) is 14.7. The fourth-order valence-corrected chi connectivity index (χ4v) is 3.44. The number of likely N-dealkylation sites (N-methyl/N-ethyl adjacent to an activating group) is 1. The molecule has 1 aromatic rings. The van der Waals surface area contributed by atoms with Crippen LogP contribution in [0.2, 0.25) is 0 Å². The van der Waals surface area contributed by atoms with Gasteiger partial charge in [-0.15, -0.1) is 0 Å². The Morgan fingerprint density at radius 3 is 2.75 bits per heavy atom. The molecule has 8 nitrogen and oxygen atoms in total. The van der Waals surface area contributed by atoms with Crippen LogP contribution in [0.4, 0.5) is 0 Å². The summed E-state index contributed by atoms with van der Waals surface area (Å²) < 4.78 is 7.61. The largest absolute Gasteiger partial charge is 0.374 e. The second-order valence-electron chi connectivity index (χ2n) is 6.54. The molecule has 0 unspecified atom stereocenters. The molecule has 0 saturated carbocycles. The Balaban J connectivity index is 1.52. The van der Waals surface area contributed by atoms with Crippen molar-refractivity contribution in [3.8, 4) is 0 Å². The van der Waals surface area contributed by atoms with E-state index in [1.54, 1.807) is 11.0 Å². The molecular formula is C16H28N6O2. The van der Waals surface area contributed by atoms with Crippen molar-refractivity contribution in [1.29, 1.82) is 0 Å². The fraction of sp³-hybridized carbons (Fsp3) is 0.812. The highest BCUT2D eigenvalue weighted by Crippen LogP contribution is 2.13. The van der Waals surface area contributed by atoms with Gasteiger partial charge in [-0.2, -0.15) is 5.10 Å². The Labute approximate surface area is 143 Å². The third-order valence-electron chi connectivity index (χ3n) is 5.06. The maximum atomic E-state index is 12.8. The van der Waals surface area contributed by atoms with Crippen molar-refractivity contribution in [3.63, 3.8) is 0 Å². The van der Waals surface area contributed by atoms with E-state index in [9.17, 15) is 4.79 Å². The van der Waals surface area contributed by atoms with Crippen LogP contribution in [0.5, 0.6) is 0 Å². The van der Waals surface area contributed by atoms with E-state index in [0.29, 0.717) is 13.2 Å². The smallest absolute Gasteiger partial charge is 0.239 e. The zero-order chi connectivity index (χ0) is 16.9. The highest BCUT2D eigenvalue weighted by Gasteiger charge is 2.31. The van der Waals surface area contributed by atoms with Crippen molar-refractivity contribution in [2.45, 2.75) is 32.5 Å². The van der Waals surface area contributed by atoms with Gasteiger partial charge in [-0.1, -0.05) is 6.92 Å². The van der Waals surface area contributed by atoms with Crippen molar-refractivity contribution >= 4 is 5.91 Å². The number of aromatic nitrogens is 3. The summed E-state index contributed by atoms with van der Waals surface area (Å²) in [5.41, 5.74) is 0. The van der Waals surface area contributed by atoms with Gasteiger partial charge in [0.15, 0.2) is 0 Å². The number of carbonyl (C=O) groups is 1. The maximum absolute atomic E-state index is 12.8. The molecule has 2 aliphatic heterocycles. The average Bonchev–Trinajstić information content (AvgIpc) is 3.14. The zero-order valence-electron chi connectivity index (χ0n) is 14.7. The molecule has 0 spiro atoms. The minimum atomic E-state index is -0.0969. The van der Waals surface area contributed by atoms with Crippen LogP contribution in [0.1, 0.15) is 13.8 Å². The van der Waals surface area contributed by atoms with Crippen LogP contribution in [0.15, 0.2) is 12.7 Å². The molecule has 3 rings (SSSR count). The van der Waals surface area contributed by atoms with E-state index in [1.165, 1.54) is 6.33 Å². The Kier molecular flexibility index (Phi) is 5.80. The first-order chi connectivity index (χ1) is 11.7. The van der Waals surface area contributed by atoms with E-state index in [1.807, 2.05) is 11.8 Å². The van der Waals surface area contributed by atoms with E-state index in [2.05, 4.69) is 26.8 Å². The molecule has 8 heteroatoms. The molecule has 2 atom stereocenters. The predicted molar refractivity (Wildman–Crippen MR) is 89.5 cm³/mol. The summed E-state index contributed by atoms with van der Waals surface area (Å²) in [6.45, 7) is 11.8. The van der Waals surface area contributed by atoms with E-state index in [0.717, 1.165) is 45.8 Å². The van der Waals surface area contributed by atoms with E-state index in [-0.39, 0.29) is 18.1 Å². The molecule has 0 aromatic carbocycles. The lowest BCUT2D eigenvalue weighted by molar-refractivity contribution is -0.141. The van der Waals surface area contributed by atoms with Crippen LogP contribution in [-0.2, 0) is 16.1 Å². The van der Waals surface area contributed by atoms with Gasteiger partial charge >= 0.3 is 0 Å². The molecule has 134 valence electrons. The Hall–Kier alpha value is -1.51. The molecule has 0 aliphatic carbocycles. The number of nitrogens with zero attached hydrogens (tertiary/aromatic N) is 6. The molecular weight excluding hydrogens is 308 g/mol. The number of carbonyl (C=O) groups excluding carboxylic acids is 1. The van der Waals surface area contributed by atoms with Gasteiger partial charge in [0.05, 0.1) is 25.3 Å². The summed E-state index contributed by atoms with van der Waals surface area (Å²) in [4.78, 5) is 23.4. The molecule has 24 heavy (non-hydrogen) atoms. The third-order valence-corrected chi connectivity index (χ3v) is 5.06. The van der Waals surface area contributed by atoms with Crippen LogP contribution in [0.25, 0.3) is 0 Å². The monoisotopic (exact) mass is 336 g/mol. The van der Waals surface area contributed by atoms with Crippen molar-refractivity contribution in [3.05, 3.63) is 12.7 Å². The van der Waals surface area contributed by atoms with E-state index < -0.39 is 0 Å². The van der Waals surface area contributed by atoms with Crippen molar-refractivity contribution < 1.29 is 9.53 Å². The molecule has 1 amide bonds. The molecule has 2 aliphatic rings. The normalized spacial score (nSPS) is 24.9. The van der Waals surface area contributed by atoms with Crippen LogP contribution in [-0.4, -0.2) is 99.9 Å². The summed E-state index contributed by atoms with van der Waals surface area (Å²) >= 11 is 0. The summed E-state index contributed by atoms with van der Waals surface area (Å²) in [7, 11) is 0. The fourth-order valence-electron chi connectivity index (χ4n) is 3.44. The van der Waals surface area contributed by atoms with Gasteiger partial charge in [-0.3, -0.25) is 14.4 Å². The average molecular weight is 336 g/mol. The summed E-state index contributed by atoms with van der Waals surface area (Å²) in [5.74, 6) is 0.243. The molecule has 1 aromatic heterocycles. The quantitative estimate of drug-likeness (QED) is 0.724. The van der Waals surface area contributed by atoms with Crippen LogP contribution >= 0.6 is 0 Å². The van der Waals surface area contributed by atoms with Crippen LogP contribution in [0, 0.1) is 0 Å². The molecule has 0 bridgehead atoms. The first-order valence-corrected chi connectivity index (χ1v) is 8.86. The predicted octanol–water partition coefficient (Wildman–Crippen LogP) is -0.468. The Bertz CT molecular complexity index is 515. The van der Waals surface area contributed by atoms with Gasteiger partial charge in [0.25, 0.3) is 0 Å². The van der Waals surface area contributed by atoms with Crippen molar-refractivity contribution in [2.75, 3.05) is 52.4 Å². The summed E-state index contributed by atoms with van der Waals surface area (Å²) in [6, 6.07) is -0.0969. The second-order valence-corrected chi connectivity index (χ2v) is 6.54. The highest BCUT2D eigenvalue weighted by molar-refractivity contribution is 5.81. The van der Waals surface area contributed by atoms with Gasteiger partial charge in [0, 0.05) is 39.3 Å². The number of ether oxygens (including phenoxy) is 1. The second kappa shape index (κ2) is 8.04. The van der Waals surface area contributed by atoms with Crippen molar-refractivity contribution in [1.82, 2.24) is 29.5 Å². The van der Waals surface area contributed by atoms with E-state index in [4.69, 9.17) is 4.74 Å². The minimum absolute atomic E-state index is 0.0487. The first-order valence-electron chi connectivity index (χ1n) is 8.86. The van der Waals surface area contributed by atoms with Gasteiger partial charge in [0.2, 0.25) is 5.91 Å². The summed E-state index contributed by atoms with van der Waals surface area (Å²) in [5, 5.41) is 4.13. The van der Waals surface area contributed by atoms with Gasteiger partial charge in [-0.25, -0.2) is 4.98 Å². The molecule has 0 radical (unpaired) electrons. The summed E-state index contributed by atoms with van der Waals surface area (Å²) in [6.07, 6.45) is 3.28. The number of rotatable bonds is 5. The number of morpholine rings is 1. The number of piperazine rings is 1. The maximum Gasteiger partial charge on any atom is 0.239 e. The first kappa shape index (κ1) is 17.3. The Morgan fingerprint density at radius 2 is 2.08 bits per heavy atom. The molecule has 2 fully saturated rings. The van der Waals surface area contributed by atoms with Gasteiger partial charge in [0.1, 0.15) is 12.7 Å². The number of hydrogen-bond acceptors (Lipinski definition) is 6. The SMILES string of the molecule is CCN1CCN(C(=O)[C@H](C)N2CCO[C@H](Cn3cncn3)C2)CC1. The topological polar surface area (TPSA) is 66.7 Å². The minimum Gasteiger partial charge on any atom is -0.374 e. The van der Waals surface area contributed by atoms with E-state index >= 15 is 0 Å². The van der Waals surface area contributed by atoms with Crippen molar-refractivity contribution in [2.24, 2.45) is 0 Å². The van der Waals surface area contributed by atoms with Gasteiger partial charge < -0.3 is 14.5 Å². The lowest BCUT2D eigenvalue weighted by Crippen LogP contribution is -2.57. The standard InChI is InChI=1S/C16H28N6O2/c1-3-19-4-6-20(7-5-19)16(23)14(2)21-8-9-24-15(10-21)11-22-13-17-12-18-22/h12-15H,3-11H2,1-2H3/t14-,15-/m0/s1. The highest BCUT2D eigenvalue weighted by atomic mass is 16.5. The lowest BCUT2D eigenvalue weighted by atomic mass is 10.1. The van der Waals surface area contributed by atoms with Crippen LogP contribution < -0.4 is 0 Å².